The molecule has 0 saturated carbocycles. The van der Waals surface area contributed by atoms with Crippen LogP contribution in [-0.2, 0) is 21.7 Å². The van der Waals surface area contributed by atoms with Crippen LogP contribution in [0.3, 0.4) is 0 Å². The highest BCUT2D eigenvalue weighted by Crippen LogP contribution is 2.45. The fourth-order valence-corrected chi connectivity index (χ4v) is 7.24. The molecule has 1 spiro atoms. The summed E-state index contributed by atoms with van der Waals surface area (Å²) >= 11 is 0. The highest BCUT2D eigenvalue weighted by Gasteiger charge is 2.52. The van der Waals surface area contributed by atoms with E-state index in [2.05, 4.69) is 18.0 Å². The number of rotatable bonds is 5. The molecule has 0 saturated heterocycles. The molecule has 4 rings (SSSR count). The molecule has 1 heterocycles. The van der Waals surface area contributed by atoms with Gasteiger partial charge in [0.2, 0.25) is 5.91 Å². The van der Waals surface area contributed by atoms with Crippen molar-refractivity contribution in [1.82, 2.24) is 0 Å². The third-order valence-corrected chi connectivity index (χ3v) is 9.44. The largest absolute Gasteiger partial charge is 0.490 e. The molecule has 0 aromatic heterocycles. The topological polar surface area (TPSA) is 98.5 Å². The summed E-state index contributed by atoms with van der Waals surface area (Å²) in [6, 6.07) is 13.0. The number of aryl methyl sites for hydroxylation is 1. The van der Waals surface area contributed by atoms with Crippen LogP contribution >= 0.6 is 0 Å². The lowest BCUT2D eigenvalue weighted by molar-refractivity contribution is 0.1000. The lowest BCUT2D eigenvalue weighted by Crippen LogP contribution is -2.56. The Morgan fingerprint density at radius 2 is 2.13 bits per heavy atom. The first-order chi connectivity index (χ1) is 14.8. The van der Waals surface area contributed by atoms with E-state index in [1.807, 2.05) is 18.2 Å². The number of primary amides is 1. The second-order valence-electron chi connectivity index (χ2n) is 8.48. The number of nitrogens with one attached hydrogen (secondary N) is 1. The SMILES string of the molecule is C=CC[C@H](C)S(=O)(=O)C1CCc2ccccc2C12CNc1cc(C(N)=O)ccc1OC2. The number of allylic oxidation sites excluding steroid dienone is 1. The Hall–Kier alpha value is -2.80. The van der Waals surface area contributed by atoms with Crippen LogP contribution in [0.4, 0.5) is 5.69 Å². The Morgan fingerprint density at radius 1 is 1.35 bits per heavy atom. The van der Waals surface area contributed by atoms with Crippen molar-refractivity contribution < 1.29 is 17.9 Å². The van der Waals surface area contributed by atoms with Crippen molar-refractivity contribution in [3.05, 3.63) is 71.8 Å². The van der Waals surface area contributed by atoms with Crippen molar-refractivity contribution in [3.63, 3.8) is 0 Å². The van der Waals surface area contributed by atoms with E-state index >= 15 is 0 Å². The predicted molar refractivity (Wildman–Crippen MR) is 122 cm³/mol. The van der Waals surface area contributed by atoms with Crippen LogP contribution in [0.1, 0.15) is 41.3 Å². The summed E-state index contributed by atoms with van der Waals surface area (Å²) in [5.74, 6) is 0.0606. The number of anilines is 1. The van der Waals surface area contributed by atoms with Gasteiger partial charge in [0, 0.05) is 12.1 Å². The van der Waals surface area contributed by atoms with Crippen molar-refractivity contribution in [2.45, 2.75) is 42.1 Å². The summed E-state index contributed by atoms with van der Waals surface area (Å²) in [6.07, 6.45) is 3.32. The fourth-order valence-electron chi connectivity index (χ4n) is 4.93. The number of benzene rings is 2. The summed E-state index contributed by atoms with van der Waals surface area (Å²) in [7, 11) is -3.47. The summed E-state index contributed by atoms with van der Waals surface area (Å²) in [6.45, 7) is 6.08. The van der Waals surface area contributed by atoms with Gasteiger partial charge in [0.05, 0.1) is 21.6 Å². The fraction of sp³-hybridized carbons (Fsp3) is 0.375. The zero-order chi connectivity index (χ0) is 22.2. The third-order valence-electron chi connectivity index (χ3n) is 6.65. The molecule has 0 bridgehead atoms. The molecular weight excluding hydrogens is 412 g/mol. The number of amides is 1. The number of carbonyl (C=O) groups is 1. The molecule has 2 unspecified atom stereocenters. The normalized spacial score (nSPS) is 23.5. The number of fused-ring (bicyclic) bond motifs is 3. The highest BCUT2D eigenvalue weighted by molar-refractivity contribution is 7.92. The highest BCUT2D eigenvalue weighted by atomic mass is 32.2. The van der Waals surface area contributed by atoms with Crippen molar-refractivity contribution in [3.8, 4) is 5.75 Å². The molecule has 6 nitrogen and oxygen atoms in total. The van der Waals surface area contributed by atoms with E-state index < -0.39 is 31.7 Å². The van der Waals surface area contributed by atoms with Crippen LogP contribution in [0, 0.1) is 0 Å². The molecule has 7 heteroatoms. The molecule has 3 atom stereocenters. The minimum absolute atomic E-state index is 0.227. The average Bonchev–Trinajstić information content (AvgIpc) is 2.94. The van der Waals surface area contributed by atoms with Crippen LogP contribution in [0.2, 0.25) is 0 Å². The Labute approximate surface area is 183 Å². The molecular formula is C24H28N2O4S. The Morgan fingerprint density at radius 3 is 2.87 bits per heavy atom. The van der Waals surface area contributed by atoms with Crippen LogP contribution in [0.15, 0.2) is 55.1 Å². The maximum Gasteiger partial charge on any atom is 0.248 e. The van der Waals surface area contributed by atoms with Gasteiger partial charge in [0.15, 0.2) is 9.84 Å². The summed E-state index contributed by atoms with van der Waals surface area (Å²) in [5, 5.41) is 2.26. The minimum atomic E-state index is -3.47. The van der Waals surface area contributed by atoms with Gasteiger partial charge in [0.1, 0.15) is 12.4 Å². The molecule has 1 aliphatic carbocycles. The van der Waals surface area contributed by atoms with Crippen molar-refractivity contribution >= 4 is 21.4 Å². The molecule has 2 aliphatic rings. The van der Waals surface area contributed by atoms with Crippen molar-refractivity contribution in [2.75, 3.05) is 18.5 Å². The molecule has 164 valence electrons. The van der Waals surface area contributed by atoms with E-state index in [1.54, 1.807) is 31.2 Å². The minimum Gasteiger partial charge on any atom is -0.490 e. The number of sulfone groups is 1. The van der Waals surface area contributed by atoms with Crippen LogP contribution in [0.5, 0.6) is 5.75 Å². The number of ether oxygens (including phenoxy) is 1. The van der Waals surface area contributed by atoms with Crippen molar-refractivity contribution in [1.29, 1.82) is 0 Å². The van der Waals surface area contributed by atoms with Gasteiger partial charge < -0.3 is 15.8 Å². The Kier molecular flexibility index (Phi) is 5.56. The van der Waals surface area contributed by atoms with E-state index in [-0.39, 0.29) is 6.61 Å². The van der Waals surface area contributed by atoms with Crippen LogP contribution < -0.4 is 15.8 Å². The number of hydrogen-bond donors (Lipinski definition) is 2. The first-order valence-electron chi connectivity index (χ1n) is 10.5. The summed E-state index contributed by atoms with van der Waals surface area (Å²) in [5.41, 5.74) is 7.86. The quantitative estimate of drug-likeness (QED) is 0.696. The maximum atomic E-state index is 13.7. The first-order valence-corrected chi connectivity index (χ1v) is 12.1. The average molecular weight is 441 g/mol. The monoisotopic (exact) mass is 440 g/mol. The van der Waals surface area contributed by atoms with E-state index in [1.165, 1.54) is 0 Å². The molecule has 0 radical (unpaired) electrons. The van der Waals surface area contributed by atoms with E-state index in [4.69, 9.17) is 10.5 Å². The van der Waals surface area contributed by atoms with E-state index in [0.29, 0.717) is 42.8 Å². The lowest BCUT2D eigenvalue weighted by Gasteiger charge is -2.44. The van der Waals surface area contributed by atoms with Crippen LogP contribution in [0.25, 0.3) is 0 Å². The Bertz CT molecular complexity index is 1130. The second kappa shape index (κ2) is 8.04. The summed E-state index contributed by atoms with van der Waals surface area (Å²) < 4.78 is 33.6. The van der Waals surface area contributed by atoms with Gasteiger partial charge >= 0.3 is 0 Å². The van der Waals surface area contributed by atoms with Crippen LogP contribution in [-0.4, -0.2) is 38.0 Å². The molecule has 0 fully saturated rings. The van der Waals surface area contributed by atoms with Gasteiger partial charge in [0.25, 0.3) is 0 Å². The molecule has 2 aromatic rings. The zero-order valence-corrected chi connectivity index (χ0v) is 18.5. The maximum absolute atomic E-state index is 13.7. The molecule has 1 amide bonds. The Balaban J connectivity index is 1.81. The molecule has 2 aromatic carbocycles. The standard InChI is InChI=1S/C24H28N2O4S/c1-3-6-16(2)31(28,29)22-12-10-17-7-4-5-8-19(17)24(22)14-26-20-13-18(23(25)27)9-11-21(20)30-15-24/h3-5,7-9,11,13,16,22,26H,1,6,10,12,14-15H2,2H3,(H2,25,27)/t16-,22?,24?/m0/s1. The van der Waals surface area contributed by atoms with Gasteiger partial charge in [-0.05, 0) is 55.5 Å². The first kappa shape index (κ1) is 21.4. The van der Waals surface area contributed by atoms with Crippen molar-refractivity contribution in [2.24, 2.45) is 5.73 Å². The van der Waals surface area contributed by atoms with Gasteiger partial charge in [-0.15, -0.1) is 6.58 Å². The second-order valence-corrected chi connectivity index (χ2v) is 11.0. The molecule has 1 aliphatic heterocycles. The van der Waals surface area contributed by atoms with Gasteiger partial charge in [-0.3, -0.25) is 4.79 Å². The predicted octanol–water partition coefficient (Wildman–Crippen LogP) is 3.22. The number of carbonyl (C=O) groups excluding carboxylic acids is 1. The van der Waals surface area contributed by atoms with Gasteiger partial charge in [-0.1, -0.05) is 30.3 Å². The van der Waals surface area contributed by atoms with Gasteiger partial charge in [-0.25, -0.2) is 8.42 Å². The van der Waals surface area contributed by atoms with E-state index in [0.717, 1.165) is 11.1 Å². The summed E-state index contributed by atoms with van der Waals surface area (Å²) in [4.78, 5) is 11.6. The van der Waals surface area contributed by atoms with Gasteiger partial charge in [-0.2, -0.15) is 0 Å². The zero-order valence-electron chi connectivity index (χ0n) is 17.6. The molecule has 31 heavy (non-hydrogen) atoms. The number of nitrogens with two attached hydrogens (primary N) is 1. The van der Waals surface area contributed by atoms with E-state index in [9.17, 15) is 13.2 Å². The third kappa shape index (κ3) is 3.61. The smallest absolute Gasteiger partial charge is 0.248 e. The molecule has 3 N–H and O–H groups in total. The lowest BCUT2D eigenvalue weighted by atomic mass is 9.70. The number of hydrogen-bond acceptors (Lipinski definition) is 5.